The molecule has 0 spiro atoms. The number of amides is 1. The molecule has 104 valence electrons. The summed E-state index contributed by atoms with van der Waals surface area (Å²) in [5.41, 5.74) is -1.38. The van der Waals surface area contributed by atoms with Crippen LogP contribution in [0.1, 0.15) is 46.5 Å². The SMILES string of the molecule is CCC(CC)(CNC(=O)C1(C)CCCN1)C(=O)O. The first-order valence-electron chi connectivity index (χ1n) is 6.67. The van der Waals surface area contributed by atoms with Gasteiger partial charge in [-0.1, -0.05) is 13.8 Å². The van der Waals surface area contributed by atoms with E-state index in [9.17, 15) is 14.7 Å². The number of nitrogens with one attached hydrogen (secondary N) is 2. The second-order valence-corrected chi connectivity index (χ2v) is 5.34. The first kappa shape index (κ1) is 15.0. The Morgan fingerprint density at radius 1 is 1.39 bits per heavy atom. The zero-order chi connectivity index (χ0) is 13.8. The zero-order valence-corrected chi connectivity index (χ0v) is 11.5. The lowest BCUT2D eigenvalue weighted by Crippen LogP contribution is -2.54. The van der Waals surface area contributed by atoms with Gasteiger partial charge >= 0.3 is 5.97 Å². The Balaban J connectivity index is 2.63. The molecular formula is C13H24N2O3. The molecule has 0 aromatic carbocycles. The average Bonchev–Trinajstić information content (AvgIpc) is 2.79. The predicted octanol–water partition coefficient (Wildman–Crippen LogP) is 1.14. The fourth-order valence-corrected chi connectivity index (χ4v) is 2.41. The van der Waals surface area contributed by atoms with Crippen molar-refractivity contribution in [1.29, 1.82) is 0 Å². The van der Waals surface area contributed by atoms with E-state index in [1.54, 1.807) is 0 Å². The predicted molar refractivity (Wildman–Crippen MR) is 69.3 cm³/mol. The summed E-state index contributed by atoms with van der Waals surface area (Å²) in [7, 11) is 0. The highest BCUT2D eigenvalue weighted by Crippen LogP contribution is 2.26. The Labute approximate surface area is 108 Å². The van der Waals surface area contributed by atoms with E-state index in [4.69, 9.17) is 0 Å². The van der Waals surface area contributed by atoms with E-state index in [0.717, 1.165) is 19.4 Å². The van der Waals surface area contributed by atoms with E-state index < -0.39 is 16.9 Å². The molecule has 0 radical (unpaired) electrons. The van der Waals surface area contributed by atoms with Crippen LogP contribution in [0.15, 0.2) is 0 Å². The van der Waals surface area contributed by atoms with Crippen molar-refractivity contribution in [3.63, 3.8) is 0 Å². The number of aliphatic carboxylic acids is 1. The van der Waals surface area contributed by atoms with Crippen LogP contribution in [0.2, 0.25) is 0 Å². The van der Waals surface area contributed by atoms with Gasteiger partial charge in [0.15, 0.2) is 0 Å². The van der Waals surface area contributed by atoms with Gasteiger partial charge < -0.3 is 15.7 Å². The van der Waals surface area contributed by atoms with Crippen molar-refractivity contribution < 1.29 is 14.7 Å². The van der Waals surface area contributed by atoms with Crippen molar-refractivity contribution in [1.82, 2.24) is 10.6 Å². The van der Waals surface area contributed by atoms with E-state index in [0.29, 0.717) is 12.8 Å². The number of rotatable bonds is 6. The molecule has 1 aliphatic rings. The molecule has 0 aromatic rings. The van der Waals surface area contributed by atoms with Crippen LogP contribution in [-0.4, -0.2) is 35.6 Å². The first-order chi connectivity index (χ1) is 8.40. The highest BCUT2D eigenvalue weighted by molar-refractivity contribution is 5.87. The maximum Gasteiger partial charge on any atom is 0.311 e. The summed E-state index contributed by atoms with van der Waals surface area (Å²) in [6, 6.07) is 0. The van der Waals surface area contributed by atoms with Crippen molar-refractivity contribution >= 4 is 11.9 Å². The van der Waals surface area contributed by atoms with Gasteiger partial charge in [0.05, 0.1) is 11.0 Å². The fourth-order valence-electron chi connectivity index (χ4n) is 2.41. The third kappa shape index (κ3) is 2.83. The van der Waals surface area contributed by atoms with Gasteiger partial charge in [-0.05, 0) is 39.2 Å². The van der Waals surface area contributed by atoms with E-state index in [-0.39, 0.29) is 12.5 Å². The number of carbonyl (C=O) groups excluding carboxylic acids is 1. The van der Waals surface area contributed by atoms with Gasteiger partial charge in [-0.15, -0.1) is 0 Å². The minimum atomic E-state index is -0.843. The molecule has 0 bridgehead atoms. The summed E-state index contributed by atoms with van der Waals surface area (Å²) < 4.78 is 0. The lowest BCUT2D eigenvalue weighted by Gasteiger charge is -2.30. The number of carboxylic acids is 1. The van der Waals surface area contributed by atoms with E-state index in [2.05, 4.69) is 10.6 Å². The van der Waals surface area contributed by atoms with Crippen LogP contribution < -0.4 is 10.6 Å². The molecule has 1 saturated heterocycles. The Morgan fingerprint density at radius 3 is 2.39 bits per heavy atom. The molecule has 1 atom stereocenters. The average molecular weight is 256 g/mol. The van der Waals surface area contributed by atoms with Crippen molar-refractivity contribution in [3.8, 4) is 0 Å². The molecule has 0 aliphatic carbocycles. The highest BCUT2D eigenvalue weighted by Gasteiger charge is 2.39. The normalized spacial score (nSPS) is 23.9. The Morgan fingerprint density at radius 2 is 2.00 bits per heavy atom. The quantitative estimate of drug-likeness (QED) is 0.666. The summed E-state index contributed by atoms with van der Waals surface area (Å²) in [4.78, 5) is 23.4. The molecule has 1 unspecified atom stereocenters. The fraction of sp³-hybridized carbons (Fsp3) is 0.846. The molecule has 0 saturated carbocycles. The largest absolute Gasteiger partial charge is 0.481 e. The van der Waals surface area contributed by atoms with Crippen LogP contribution in [-0.2, 0) is 9.59 Å². The molecule has 5 nitrogen and oxygen atoms in total. The molecule has 0 aromatic heterocycles. The van der Waals surface area contributed by atoms with Crippen LogP contribution in [0.5, 0.6) is 0 Å². The summed E-state index contributed by atoms with van der Waals surface area (Å²) in [5.74, 6) is -0.926. The van der Waals surface area contributed by atoms with Gasteiger partial charge in [0.25, 0.3) is 0 Å². The molecule has 1 amide bonds. The van der Waals surface area contributed by atoms with Crippen molar-refractivity contribution in [2.75, 3.05) is 13.1 Å². The monoisotopic (exact) mass is 256 g/mol. The van der Waals surface area contributed by atoms with Crippen LogP contribution in [0, 0.1) is 5.41 Å². The molecule has 1 rings (SSSR count). The standard InChI is InChI=1S/C13H24N2O3/c1-4-13(5-2,11(17)18)9-14-10(16)12(3)7-6-8-15-12/h15H,4-9H2,1-3H3,(H,14,16)(H,17,18). The van der Waals surface area contributed by atoms with E-state index >= 15 is 0 Å². The Bertz CT molecular complexity index is 318. The van der Waals surface area contributed by atoms with Crippen molar-refractivity contribution in [2.24, 2.45) is 5.41 Å². The summed E-state index contributed by atoms with van der Waals surface area (Å²) in [5, 5.41) is 15.3. The van der Waals surface area contributed by atoms with Crippen LogP contribution in [0.3, 0.4) is 0 Å². The van der Waals surface area contributed by atoms with Crippen LogP contribution in [0.4, 0.5) is 0 Å². The molecule has 1 fully saturated rings. The number of hydrogen-bond donors (Lipinski definition) is 3. The van der Waals surface area contributed by atoms with E-state index in [1.807, 2.05) is 20.8 Å². The van der Waals surface area contributed by atoms with Crippen molar-refractivity contribution in [2.45, 2.75) is 52.0 Å². The maximum absolute atomic E-state index is 12.1. The molecule has 3 N–H and O–H groups in total. The van der Waals surface area contributed by atoms with Crippen LogP contribution >= 0.6 is 0 Å². The molecule has 1 aliphatic heterocycles. The molecule has 1 heterocycles. The van der Waals surface area contributed by atoms with Gasteiger partial charge in [0.1, 0.15) is 0 Å². The van der Waals surface area contributed by atoms with Crippen LogP contribution in [0.25, 0.3) is 0 Å². The van der Waals surface area contributed by atoms with Gasteiger partial charge in [-0.25, -0.2) is 0 Å². The first-order valence-corrected chi connectivity index (χ1v) is 6.67. The number of carboxylic acid groups (broad SMARTS) is 1. The second-order valence-electron chi connectivity index (χ2n) is 5.34. The second kappa shape index (κ2) is 5.69. The topological polar surface area (TPSA) is 78.4 Å². The van der Waals surface area contributed by atoms with E-state index in [1.165, 1.54) is 0 Å². The van der Waals surface area contributed by atoms with Gasteiger partial charge in [0, 0.05) is 6.54 Å². The number of hydrogen-bond acceptors (Lipinski definition) is 3. The number of carbonyl (C=O) groups is 2. The van der Waals surface area contributed by atoms with Gasteiger partial charge in [0.2, 0.25) is 5.91 Å². The maximum atomic E-state index is 12.1. The Hall–Kier alpha value is -1.10. The molecule has 5 heteroatoms. The lowest BCUT2D eigenvalue weighted by molar-refractivity contribution is -0.149. The highest BCUT2D eigenvalue weighted by atomic mass is 16.4. The van der Waals surface area contributed by atoms with Gasteiger partial charge in [-0.3, -0.25) is 9.59 Å². The zero-order valence-electron chi connectivity index (χ0n) is 11.5. The lowest BCUT2D eigenvalue weighted by atomic mass is 9.82. The third-order valence-electron chi connectivity index (χ3n) is 4.26. The smallest absolute Gasteiger partial charge is 0.311 e. The van der Waals surface area contributed by atoms with Crippen molar-refractivity contribution in [3.05, 3.63) is 0 Å². The molecular weight excluding hydrogens is 232 g/mol. The summed E-state index contributed by atoms with van der Waals surface area (Å²) in [6.07, 6.45) is 2.82. The third-order valence-corrected chi connectivity index (χ3v) is 4.26. The summed E-state index contributed by atoms with van der Waals surface area (Å²) in [6.45, 7) is 6.61. The molecule has 18 heavy (non-hydrogen) atoms. The minimum Gasteiger partial charge on any atom is -0.481 e. The Kier molecular flexibility index (Phi) is 4.73. The summed E-state index contributed by atoms with van der Waals surface area (Å²) >= 11 is 0. The minimum absolute atomic E-state index is 0.0903. The van der Waals surface area contributed by atoms with Gasteiger partial charge in [-0.2, -0.15) is 0 Å².